The first kappa shape index (κ1) is 20.2. The number of esters is 1. The van der Waals surface area contributed by atoms with Crippen LogP contribution in [0.5, 0.6) is 5.75 Å². The van der Waals surface area contributed by atoms with Crippen molar-refractivity contribution in [3.05, 3.63) is 53.3 Å². The molecule has 0 bridgehead atoms. The number of aromatic nitrogens is 1. The number of amides is 2. The molecule has 9 heteroatoms. The maximum Gasteiger partial charge on any atom is 0.357 e. The highest BCUT2D eigenvalue weighted by Gasteiger charge is 2.17. The molecule has 2 rings (SSSR count). The van der Waals surface area contributed by atoms with E-state index in [1.54, 1.807) is 24.3 Å². The van der Waals surface area contributed by atoms with E-state index in [-0.39, 0.29) is 12.2 Å². The van der Waals surface area contributed by atoms with Crippen molar-refractivity contribution in [1.29, 1.82) is 0 Å². The number of nitrogens with one attached hydrogen (secondary N) is 1. The Morgan fingerprint density at radius 1 is 1.22 bits per heavy atom. The molecule has 0 spiro atoms. The summed E-state index contributed by atoms with van der Waals surface area (Å²) in [6.45, 7) is -0.723. The Morgan fingerprint density at radius 2 is 2.00 bits per heavy atom. The molecule has 0 saturated heterocycles. The van der Waals surface area contributed by atoms with E-state index in [2.05, 4.69) is 10.3 Å². The van der Waals surface area contributed by atoms with Crippen molar-refractivity contribution in [3.63, 3.8) is 0 Å². The Balaban J connectivity index is 1.82. The highest BCUT2D eigenvalue weighted by Crippen LogP contribution is 2.16. The second-order valence-corrected chi connectivity index (χ2v) is 5.90. The SMILES string of the molecule is COc1cccc(NC(=O)CN(C)C(=O)COC(=O)c2cc(Cl)ccn2)c1. The summed E-state index contributed by atoms with van der Waals surface area (Å²) in [5, 5.41) is 2.98. The molecule has 2 amide bonds. The van der Waals surface area contributed by atoms with Crippen molar-refractivity contribution in [2.75, 3.05) is 32.6 Å². The third-order valence-corrected chi connectivity index (χ3v) is 3.65. The van der Waals surface area contributed by atoms with Crippen molar-refractivity contribution in [2.45, 2.75) is 0 Å². The van der Waals surface area contributed by atoms with E-state index in [0.29, 0.717) is 16.5 Å². The fourth-order valence-electron chi connectivity index (χ4n) is 2.03. The molecule has 0 aliphatic heterocycles. The van der Waals surface area contributed by atoms with Gasteiger partial charge in [-0.05, 0) is 24.3 Å². The zero-order valence-corrected chi connectivity index (χ0v) is 15.5. The van der Waals surface area contributed by atoms with Crippen molar-refractivity contribution in [1.82, 2.24) is 9.88 Å². The van der Waals surface area contributed by atoms with E-state index in [1.807, 2.05) is 0 Å². The van der Waals surface area contributed by atoms with Gasteiger partial charge in [-0.15, -0.1) is 0 Å². The molecule has 8 nitrogen and oxygen atoms in total. The highest BCUT2D eigenvalue weighted by molar-refractivity contribution is 6.30. The molecule has 2 aromatic rings. The number of methoxy groups -OCH3 is 1. The van der Waals surface area contributed by atoms with Gasteiger partial charge in [0.25, 0.3) is 5.91 Å². The van der Waals surface area contributed by atoms with Crippen LogP contribution in [0.25, 0.3) is 0 Å². The van der Waals surface area contributed by atoms with Gasteiger partial charge in [0.1, 0.15) is 11.4 Å². The fraction of sp³-hybridized carbons (Fsp3) is 0.222. The molecular formula is C18H18ClN3O5. The number of hydrogen-bond donors (Lipinski definition) is 1. The predicted molar refractivity (Wildman–Crippen MR) is 98.8 cm³/mol. The molecule has 0 unspecified atom stereocenters. The highest BCUT2D eigenvalue weighted by atomic mass is 35.5. The summed E-state index contributed by atoms with van der Waals surface area (Å²) in [7, 11) is 2.95. The van der Waals surface area contributed by atoms with Crippen LogP contribution in [0.4, 0.5) is 5.69 Å². The van der Waals surface area contributed by atoms with E-state index >= 15 is 0 Å². The Hall–Kier alpha value is -3.13. The van der Waals surface area contributed by atoms with E-state index in [4.69, 9.17) is 21.1 Å². The first-order chi connectivity index (χ1) is 12.9. The van der Waals surface area contributed by atoms with Gasteiger partial charge in [-0.25, -0.2) is 9.78 Å². The zero-order chi connectivity index (χ0) is 19.8. The summed E-state index contributed by atoms with van der Waals surface area (Å²) >= 11 is 5.77. The molecule has 1 N–H and O–H groups in total. The number of ether oxygens (including phenoxy) is 2. The fourth-order valence-corrected chi connectivity index (χ4v) is 2.19. The van der Waals surface area contributed by atoms with Gasteiger partial charge in [-0.3, -0.25) is 9.59 Å². The number of carbonyl (C=O) groups is 3. The van der Waals surface area contributed by atoms with E-state index in [9.17, 15) is 14.4 Å². The van der Waals surface area contributed by atoms with Gasteiger partial charge in [0.05, 0.1) is 13.7 Å². The lowest BCUT2D eigenvalue weighted by atomic mass is 10.3. The number of halogens is 1. The van der Waals surface area contributed by atoms with Gasteiger partial charge in [0.15, 0.2) is 6.61 Å². The Labute approximate surface area is 161 Å². The molecule has 0 saturated carbocycles. The van der Waals surface area contributed by atoms with Gasteiger partial charge >= 0.3 is 5.97 Å². The quantitative estimate of drug-likeness (QED) is 0.725. The minimum atomic E-state index is -0.778. The number of nitrogens with zero attached hydrogens (tertiary/aromatic N) is 2. The number of pyridine rings is 1. The first-order valence-corrected chi connectivity index (χ1v) is 8.23. The molecule has 27 heavy (non-hydrogen) atoms. The first-order valence-electron chi connectivity index (χ1n) is 7.85. The normalized spacial score (nSPS) is 10.0. The minimum absolute atomic E-state index is 0.00581. The average Bonchev–Trinajstić information content (AvgIpc) is 2.65. The monoisotopic (exact) mass is 391 g/mol. The van der Waals surface area contributed by atoms with Crippen molar-refractivity contribution < 1.29 is 23.9 Å². The summed E-state index contributed by atoms with van der Waals surface area (Å²) in [5.41, 5.74) is 0.535. The van der Waals surface area contributed by atoms with Crippen LogP contribution in [-0.2, 0) is 14.3 Å². The summed E-state index contributed by atoms with van der Waals surface area (Å²) < 4.78 is 9.97. The molecule has 0 aliphatic rings. The van der Waals surface area contributed by atoms with Gasteiger partial charge in [0.2, 0.25) is 5.91 Å². The smallest absolute Gasteiger partial charge is 0.357 e. The molecule has 0 radical (unpaired) electrons. The zero-order valence-electron chi connectivity index (χ0n) is 14.8. The Kier molecular flexibility index (Phi) is 7.13. The molecule has 1 aromatic heterocycles. The van der Waals surface area contributed by atoms with Crippen LogP contribution in [0.3, 0.4) is 0 Å². The van der Waals surface area contributed by atoms with Crippen LogP contribution in [0.2, 0.25) is 5.02 Å². The molecule has 1 heterocycles. The largest absolute Gasteiger partial charge is 0.497 e. The van der Waals surface area contributed by atoms with Gasteiger partial charge in [-0.1, -0.05) is 17.7 Å². The van der Waals surface area contributed by atoms with Gasteiger partial charge in [-0.2, -0.15) is 0 Å². The molecule has 0 atom stereocenters. The van der Waals surface area contributed by atoms with Crippen LogP contribution < -0.4 is 10.1 Å². The lowest BCUT2D eigenvalue weighted by Gasteiger charge is -2.17. The second kappa shape index (κ2) is 9.54. The lowest BCUT2D eigenvalue weighted by molar-refractivity contribution is -0.136. The van der Waals surface area contributed by atoms with Gasteiger partial charge < -0.3 is 19.7 Å². The summed E-state index contributed by atoms with van der Waals surface area (Å²) in [5.74, 6) is -1.12. The predicted octanol–water partition coefficient (Wildman–Crippen LogP) is 2.00. The van der Waals surface area contributed by atoms with Crippen LogP contribution in [-0.4, -0.2) is 55.0 Å². The topological polar surface area (TPSA) is 97.8 Å². The number of hydrogen-bond acceptors (Lipinski definition) is 6. The standard InChI is InChI=1S/C18H18ClN3O5/c1-22(10-16(23)21-13-4-3-5-14(9-13)26-2)17(24)11-27-18(25)15-8-12(19)6-7-20-15/h3-9H,10-11H2,1-2H3,(H,21,23). The van der Waals surface area contributed by atoms with Crippen LogP contribution in [0.1, 0.15) is 10.5 Å². The van der Waals surface area contributed by atoms with Crippen molar-refractivity contribution >= 4 is 35.1 Å². The Morgan fingerprint density at radius 3 is 2.70 bits per heavy atom. The second-order valence-electron chi connectivity index (χ2n) is 5.47. The Bertz CT molecular complexity index is 843. The summed E-state index contributed by atoms with van der Waals surface area (Å²) in [6, 6.07) is 9.67. The molecular weight excluding hydrogens is 374 g/mol. The molecule has 0 fully saturated rings. The average molecular weight is 392 g/mol. The molecule has 0 aliphatic carbocycles. The third-order valence-electron chi connectivity index (χ3n) is 3.42. The number of rotatable bonds is 7. The van der Waals surface area contributed by atoms with E-state index < -0.39 is 24.4 Å². The summed E-state index contributed by atoms with van der Waals surface area (Å²) in [6.07, 6.45) is 1.36. The van der Waals surface area contributed by atoms with Gasteiger partial charge in [0, 0.05) is 30.0 Å². The van der Waals surface area contributed by atoms with E-state index in [1.165, 1.54) is 32.5 Å². The van der Waals surface area contributed by atoms with Crippen molar-refractivity contribution in [2.24, 2.45) is 0 Å². The molecule has 1 aromatic carbocycles. The van der Waals surface area contributed by atoms with Crippen LogP contribution in [0, 0.1) is 0 Å². The maximum atomic E-state index is 12.0. The van der Waals surface area contributed by atoms with Crippen LogP contribution >= 0.6 is 11.6 Å². The lowest BCUT2D eigenvalue weighted by Crippen LogP contribution is -2.37. The third kappa shape index (κ3) is 6.27. The molecule has 142 valence electrons. The minimum Gasteiger partial charge on any atom is -0.497 e. The number of benzene rings is 1. The summed E-state index contributed by atoms with van der Waals surface area (Å²) in [4.78, 5) is 40.9. The van der Waals surface area contributed by atoms with Crippen molar-refractivity contribution in [3.8, 4) is 5.75 Å². The maximum absolute atomic E-state index is 12.0. The number of anilines is 1. The number of likely N-dealkylation sites (N-methyl/N-ethyl adjacent to an activating group) is 1. The number of carbonyl (C=O) groups excluding carboxylic acids is 3. The van der Waals surface area contributed by atoms with Crippen LogP contribution in [0.15, 0.2) is 42.6 Å². The van der Waals surface area contributed by atoms with E-state index in [0.717, 1.165) is 4.90 Å².